The number of methoxy groups -OCH3 is 1. The van der Waals surface area contributed by atoms with Crippen molar-refractivity contribution in [3.63, 3.8) is 0 Å². The minimum Gasteiger partial charge on any atom is -0.453 e. The highest BCUT2D eigenvalue weighted by atomic mass is 32.2. The van der Waals surface area contributed by atoms with Gasteiger partial charge < -0.3 is 20.3 Å². The predicted molar refractivity (Wildman–Crippen MR) is 89.1 cm³/mol. The van der Waals surface area contributed by atoms with E-state index in [9.17, 15) is 4.79 Å². The van der Waals surface area contributed by atoms with Gasteiger partial charge in [0.25, 0.3) is 0 Å². The van der Waals surface area contributed by atoms with Crippen LogP contribution in [0.4, 0.5) is 4.79 Å². The number of hydrogen-bond donors (Lipinski definition) is 2. The highest BCUT2D eigenvalue weighted by Gasteiger charge is 2.23. The van der Waals surface area contributed by atoms with E-state index < -0.39 is 0 Å². The second kappa shape index (κ2) is 10.6. The van der Waals surface area contributed by atoms with Crippen LogP contribution in [-0.2, 0) is 4.74 Å². The van der Waals surface area contributed by atoms with Crippen LogP contribution in [0, 0.1) is 0 Å². The van der Waals surface area contributed by atoms with E-state index in [1.807, 2.05) is 11.8 Å². The molecule has 0 saturated carbocycles. The zero-order valence-electron chi connectivity index (χ0n) is 13.4. The van der Waals surface area contributed by atoms with Crippen molar-refractivity contribution >= 4 is 23.8 Å². The molecule has 122 valence electrons. The molecule has 0 bridgehead atoms. The number of thioether (sulfide) groups is 1. The lowest BCUT2D eigenvalue weighted by molar-refractivity contribution is 0.111. The number of rotatable bonds is 6. The molecule has 7 heteroatoms. The normalized spacial score (nSPS) is 16.7. The number of hydrogen-bond acceptors (Lipinski definition) is 4. The third-order valence-electron chi connectivity index (χ3n) is 3.39. The van der Waals surface area contributed by atoms with Crippen LogP contribution in [0.25, 0.3) is 0 Å². The number of likely N-dealkylation sites (tertiary alicyclic amines) is 1. The van der Waals surface area contributed by atoms with E-state index >= 15 is 0 Å². The van der Waals surface area contributed by atoms with E-state index in [0.717, 1.165) is 57.2 Å². The molecule has 21 heavy (non-hydrogen) atoms. The molecule has 0 radical (unpaired) electrons. The molecule has 0 aromatic carbocycles. The first kappa shape index (κ1) is 17.9. The molecule has 1 aliphatic rings. The van der Waals surface area contributed by atoms with Gasteiger partial charge in [0.1, 0.15) is 0 Å². The number of aliphatic imine (C=N–C) groups is 1. The van der Waals surface area contributed by atoms with Gasteiger partial charge in [-0.15, -0.1) is 0 Å². The zero-order valence-corrected chi connectivity index (χ0v) is 14.2. The van der Waals surface area contributed by atoms with Crippen LogP contribution in [0.15, 0.2) is 4.99 Å². The minimum absolute atomic E-state index is 0.230. The van der Waals surface area contributed by atoms with Gasteiger partial charge in [0.15, 0.2) is 5.96 Å². The lowest BCUT2D eigenvalue weighted by atomic mass is 10.1. The number of amides is 1. The fraction of sp³-hybridized carbons (Fsp3) is 0.857. The standard InChI is InChI=1S/C14H28N4O2S/c1-4-15-13(16-8-5-11-21-3)17-12-6-9-18(10-7-12)14(19)20-2/h12H,4-11H2,1-3H3,(H2,15,16,17). The topological polar surface area (TPSA) is 66.0 Å². The Labute approximate surface area is 132 Å². The second-order valence-corrected chi connectivity index (χ2v) is 5.97. The number of carbonyl (C=O) groups excluding carboxylic acids is 1. The molecule has 2 N–H and O–H groups in total. The maximum atomic E-state index is 11.4. The van der Waals surface area contributed by atoms with Crippen molar-refractivity contribution in [2.24, 2.45) is 4.99 Å². The van der Waals surface area contributed by atoms with Gasteiger partial charge in [-0.05, 0) is 38.2 Å². The minimum atomic E-state index is -0.230. The molecular formula is C14H28N4O2S. The number of piperidine rings is 1. The van der Waals surface area contributed by atoms with E-state index in [1.54, 1.807) is 4.90 Å². The van der Waals surface area contributed by atoms with Crippen LogP contribution in [0.1, 0.15) is 26.2 Å². The van der Waals surface area contributed by atoms with Crippen LogP contribution in [0.3, 0.4) is 0 Å². The zero-order chi connectivity index (χ0) is 15.5. The molecule has 1 aliphatic heterocycles. The van der Waals surface area contributed by atoms with Gasteiger partial charge in [-0.2, -0.15) is 11.8 Å². The summed E-state index contributed by atoms with van der Waals surface area (Å²) in [6.07, 6.45) is 4.82. The van der Waals surface area contributed by atoms with Crippen LogP contribution in [0.2, 0.25) is 0 Å². The average Bonchev–Trinajstić information content (AvgIpc) is 2.51. The summed E-state index contributed by atoms with van der Waals surface area (Å²) in [6.45, 7) is 5.23. The van der Waals surface area contributed by atoms with E-state index in [1.165, 1.54) is 7.11 Å². The number of nitrogens with zero attached hydrogens (tertiary/aromatic N) is 2. The van der Waals surface area contributed by atoms with Crippen LogP contribution in [-0.4, -0.2) is 68.3 Å². The van der Waals surface area contributed by atoms with Gasteiger partial charge in [-0.3, -0.25) is 4.99 Å². The Balaban J connectivity index is 2.37. The molecule has 1 rings (SSSR count). The first-order chi connectivity index (χ1) is 10.2. The summed E-state index contributed by atoms with van der Waals surface area (Å²) < 4.78 is 4.75. The largest absolute Gasteiger partial charge is 0.453 e. The summed E-state index contributed by atoms with van der Waals surface area (Å²) in [4.78, 5) is 17.8. The van der Waals surface area contributed by atoms with Crippen LogP contribution < -0.4 is 10.6 Å². The fourth-order valence-corrected chi connectivity index (χ4v) is 2.67. The molecule has 6 nitrogen and oxygen atoms in total. The molecule has 1 amide bonds. The van der Waals surface area contributed by atoms with E-state index in [2.05, 4.69) is 28.8 Å². The molecule has 0 spiro atoms. The third kappa shape index (κ3) is 6.93. The number of carbonyl (C=O) groups is 1. The molecule has 1 heterocycles. The van der Waals surface area contributed by atoms with Gasteiger partial charge >= 0.3 is 6.09 Å². The first-order valence-corrected chi connectivity index (χ1v) is 8.97. The molecule has 1 fully saturated rings. The quantitative estimate of drug-likeness (QED) is 0.442. The Hall–Kier alpha value is -1.11. The molecule has 0 aromatic rings. The number of guanidine groups is 1. The Morgan fingerprint density at radius 3 is 2.71 bits per heavy atom. The van der Waals surface area contributed by atoms with Gasteiger partial charge in [-0.25, -0.2) is 4.79 Å². The summed E-state index contributed by atoms with van der Waals surface area (Å²) in [7, 11) is 1.43. The Morgan fingerprint density at radius 2 is 2.14 bits per heavy atom. The predicted octanol–water partition coefficient (Wildman–Crippen LogP) is 1.53. The highest BCUT2D eigenvalue weighted by Crippen LogP contribution is 2.11. The number of ether oxygens (including phenoxy) is 1. The highest BCUT2D eigenvalue weighted by molar-refractivity contribution is 7.98. The Kier molecular flexibility index (Phi) is 9.05. The van der Waals surface area contributed by atoms with Crippen molar-refractivity contribution in [2.75, 3.05) is 45.3 Å². The van der Waals surface area contributed by atoms with Crippen molar-refractivity contribution in [1.29, 1.82) is 0 Å². The fourth-order valence-electron chi connectivity index (χ4n) is 2.25. The van der Waals surface area contributed by atoms with Crippen molar-refractivity contribution < 1.29 is 9.53 Å². The van der Waals surface area contributed by atoms with Crippen LogP contribution >= 0.6 is 11.8 Å². The Bertz CT molecular complexity index is 331. The van der Waals surface area contributed by atoms with Crippen LogP contribution in [0.5, 0.6) is 0 Å². The molecule has 0 aliphatic carbocycles. The van der Waals surface area contributed by atoms with Gasteiger partial charge in [-0.1, -0.05) is 0 Å². The smallest absolute Gasteiger partial charge is 0.409 e. The maximum absolute atomic E-state index is 11.4. The van der Waals surface area contributed by atoms with Crippen molar-refractivity contribution in [2.45, 2.75) is 32.2 Å². The molecule has 0 atom stereocenters. The summed E-state index contributed by atoms with van der Waals surface area (Å²) in [6, 6.07) is 0.365. The van der Waals surface area contributed by atoms with Gasteiger partial charge in [0, 0.05) is 32.2 Å². The van der Waals surface area contributed by atoms with Crippen molar-refractivity contribution in [3.05, 3.63) is 0 Å². The lowest BCUT2D eigenvalue weighted by Crippen LogP contribution is -2.49. The van der Waals surface area contributed by atoms with E-state index in [-0.39, 0.29) is 6.09 Å². The average molecular weight is 316 g/mol. The number of nitrogens with one attached hydrogen (secondary N) is 2. The molecule has 0 aromatic heterocycles. The van der Waals surface area contributed by atoms with Crippen molar-refractivity contribution in [3.8, 4) is 0 Å². The first-order valence-electron chi connectivity index (χ1n) is 7.58. The Morgan fingerprint density at radius 1 is 1.43 bits per heavy atom. The van der Waals surface area contributed by atoms with Crippen molar-refractivity contribution in [1.82, 2.24) is 15.5 Å². The second-order valence-electron chi connectivity index (χ2n) is 4.98. The molecule has 0 unspecified atom stereocenters. The molecule has 1 saturated heterocycles. The summed E-state index contributed by atoms with van der Waals surface area (Å²) in [5.41, 5.74) is 0. The summed E-state index contributed by atoms with van der Waals surface area (Å²) in [5, 5.41) is 6.74. The summed E-state index contributed by atoms with van der Waals surface area (Å²) >= 11 is 1.85. The third-order valence-corrected chi connectivity index (χ3v) is 4.09. The SMILES string of the molecule is CCNC(=NCCCSC)NC1CCN(C(=O)OC)CC1. The lowest BCUT2D eigenvalue weighted by Gasteiger charge is -2.32. The van der Waals surface area contributed by atoms with Gasteiger partial charge in [0.05, 0.1) is 7.11 Å². The molecular weight excluding hydrogens is 288 g/mol. The van der Waals surface area contributed by atoms with E-state index in [0.29, 0.717) is 6.04 Å². The maximum Gasteiger partial charge on any atom is 0.409 e. The van der Waals surface area contributed by atoms with Gasteiger partial charge in [0.2, 0.25) is 0 Å². The summed E-state index contributed by atoms with van der Waals surface area (Å²) in [5.74, 6) is 2.02. The monoisotopic (exact) mass is 316 g/mol. The van der Waals surface area contributed by atoms with E-state index in [4.69, 9.17) is 4.74 Å².